The summed E-state index contributed by atoms with van der Waals surface area (Å²) in [5, 5.41) is 10.6. The SMILES string of the molecule is CCc1c(Br)cccc1C(=O)[O-]. The Hall–Kier alpha value is -0.830. The molecule has 0 radical (unpaired) electrons. The number of hydrogen-bond acceptors (Lipinski definition) is 2. The van der Waals surface area contributed by atoms with Gasteiger partial charge in [-0.05, 0) is 18.1 Å². The number of carbonyl (C=O) groups excluding carboxylic acids is 1. The molecule has 0 heterocycles. The lowest BCUT2D eigenvalue weighted by Gasteiger charge is -2.09. The second-order valence-electron chi connectivity index (χ2n) is 2.41. The smallest absolute Gasteiger partial charge is 0.0718 e. The standard InChI is InChI=1S/C9H9BrO2/c1-2-6-7(9(11)12)4-3-5-8(6)10/h3-5H,2H2,1H3,(H,11,12)/p-1. The van der Waals surface area contributed by atoms with Crippen LogP contribution in [-0.2, 0) is 6.42 Å². The number of halogens is 1. The number of carboxylic acids is 1. The molecule has 3 heteroatoms. The molecule has 0 aliphatic carbocycles. The van der Waals surface area contributed by atoms with Crippen molar-refractivity contribution < 1.29 is 9.90 Å². The van der Waals surface area contributed by atoms with E-state index in [-0.39, 0.29) is 5.56 Å². The molecule has 0 amide bonds. The third-order valence-electron chi connectivity index (χ3n) is 1.69. The summed E-state index contributed by atoms with van der Waals surface area (Å²) in [6, 6.07) is 5.07. The Kier molecular flexibility index (Phi) is 2.87. The van der Waals surface area contributed by atoms with Crippen LogP contribution in [0.2, 0.25) is 0 Å². The van der Waals surface area contributed by atoms with Crippen LogP contribution in [0.5, 0.6) is 0 Å². The van der Waals surface area contributed by atoms with Gasteiger partial charge in [-0.15, -0.1) is 0 Å². The van der Waals surface area contributed by atoms with Gasteiger partial charge in [0, 0.05) is 10.0 Å². The van der Waals surface area contributed by atoms with Crippen molar-refractivity contribution >= 4 is 21.9 Å². The van der Waals surface area contributed by atoms with E-state index < -0.39 is 5.97 Å². The molecule has 0 atom stereocenters. The van der Waals surface area contributed by atoms with Gasteiger partial charge in [0.1, 0.15) is 0 Å². The number of benzene rings is 1. The summed E-state index contributed by atoms with van der Waals surface area (Å²) in [4.78, 5) is 10.6. The normalized spacial score (nSPS) is 9.83. The lowest BCUT2D eigenvalue weighted by Crippen LogP contribution is -2.23. The monoisotopic (exact) mass is 227 g/mol. The van der Waals surface area contributed by atoms with Gasteiger partial charge in [-0.3, -0.25) is 0 Å². The van der Waals surface area contributed by atoms with Crippen LogP contribution in [0.1, 0.15) is 22.8 Å². The molecular formula is C9H8BrO2-. The zero-order valence-electron chi connectivity index (χ0n) is 6.63. The van der Waals surface area contributed by atoms with Crippen molar-refractivity contribution in [3.05, 3.63) is 33.8 Å². The molecule has 0 saturated carbocycles. The van der Waals surface area contributed by atoms with Gasteiger partial charge >= 0.3 is 0 Å². The Morgan fingerprint density at radius 1 is 1.58 bits per heavy atom. The first-order valence-electron chi connectivity index (χ1n) is 3.65. The number of rotatable bonds is 2. The van der Waals surface area contributed by atoms with Crippen molar-refractivity contribution in [2.45, 2.75) is 13.3 Å². The number of aromatic carboxylic acids is 1. The van der Waals surface area contributed by atoms with Gasteiger partial charge in [0.15, 0.2) is 0 Å². The van der Waals surface area contributed by atoms with Gasteiger partial charge in [-0.2, -0.15) is 0 Å². The molecule has 0 aliphatic rings. The Morgan fingerprint density at radius 2 is 2.25 bits per heavy atom. The van der Waals surface area contributed by atoms with Crippen LogP contribution < -0.4 is 5.11 Å². The lowest BCUT2D eigenvalue weighted by molar-refractivity contribution is -0.255. The van der Waals surface area contributed by atoms with Gasteiger partial charge in [0.05, 0.1) is 5.97 Å². The van der Waals surface area contributed by atoms with Crippen LogP contribution >= 0.6 is 15.9 Å². The highest BCUT2D eigenvalue weighted by molar-refractivity contribution is 9.10. The fourth-order valence-electron chi connectivity index (χ4n) is 1.11. The third-order valence-corrected chi connectivity index (χ3v) is 2.44. The summed E-state index contributed by atoms with van der Waals surface area (Å²) in [7, 11) is 0. The van der Waals surface area contributed by atoms with Crippen LogP contribution in [0, 0.1) is 0 Å². The Balaban J connectivity index is 3.27. The first kappa shape index (κ1) is 9.26. The Morgan fingerprint density at radius 3 is 2.67 bits per heavy atom. The van der Waals surface area contributed by atoms with Crippen molar-refractivity contribution in [1.82, 2.24) is 0 Å². The van der Waals surface area contributed by atoms with Crippen LogP contribution in [0.4, 0.5) is 0 Å². The van der Waals surface area contributed by atoms with E-state index in [1.165, 1.54) is 0 Å². The maximum Gasteiger partial charge on any atom is 0.0718 e. The minimum atomic E-state index is -1.12. The molecular weight excluding hydrogens is 220 g/mol. The summed E-state index contributed by atoms with van der Waals surface area (Å²) in [6.07, 6.45) is 0.685. The molecule has 0 fully saturated rings. The maximum atomic E-state index is 10.6. The average molecular weight is 228 g/mol. The summed E-state index contributed by atoms with van der Waals surface area (Å²) in [6.45, 7) is 1.91. The van der Waals surface area contributed by atoms with Gasteiger partial charge in [0.25, 0.3) is 0 Å². The minimum absolute atomic E-state index is 0.270. The molecule has 0 bridgehead atoms. The highest BCUT2D eigenvalue weighted by atomic mass is 79.9. The summed E-state index contributed by atoms with van der Waals surface area (Å²) in [5.41, 5.74) is 1.06. The highest BCUT2D eigenvalue weighted by Gasteiger charge is 2.04. The topological polar surface area (TPSA) is 40.1 Å². The van der Waals surface area contributed by atoms with Crippen LogP contribution in [-0.4, -0.2) is 5.97 Å². The molecule has 0 unspecified atom stereocenters. The highest BCUT2D eigenvalue weighted by Crippen LogP contribution is 2.20. The van der Waals surface area contributed by atoms with Gasteiger partial charge in [-0.25, -0.2) is 0 Å². The van der Waals surface area contributed by atoms with Crippen molar-refractivity contribution in [3.63, 3.8) is 0 Å². The first-order chi connectivity index (χ1) is 5.66. The molecule has 64 valence electrons. The third kappa shape index (κ3) is 1.67. The summed E-state index contributed by atoms with van der Waals surface area (Å²) in [5.74, 6) is -1.12. The largest absolute Gasteiger partial charge is 0.545 e. The Labute approximate surface area is 79.3 Å². The van der Waals surface area contributed by atoms with E-state index in [0.29, 0.717) is 6.42 Å². The second-order valence-corrected chi connectivity index (χ2v) is 3.26. The Bertz CT molecular complexity index is 307. The average Bonchev–Trinajstić information content (AvgIpc) is 2.03. The minimum Gasteiger partial charge on any atom is -0.545 e. The van der Waals surface area contributed by atoms with Crippen molar-refractivity contribution in [2.24, 2.45) is 0 Å². The molecule has 1 aromatic rings. The van der Waals surface area contributed by atoms with Gasteiger partial charge in [-0.1, -0.05) is 35.0 Å². The molecule has 0 aromatic heterocycles. The summed E-state index contributed by atoms with van der Waals surface area (Å²) < 4.78 is 0.826. The predicted molar refractivity (Wildman–Crippen MR) is 47.9 cm³/mol. The fourth-order valence-corrected chi connectivity index (χ4v) is 1.76. The number of carbonyl (C=O) groups is 1. The molecule has 0 N–H and O–H groups in total. The van der Waals surface area contributed by atoms with Crippen molar-refractivity contribution in [3.8, 4) is 0 Å². The van der Waals surface area contributed by atoms with E-state index in [9.17, 15) is 9.90 Å². The van der Waals surface area contributed by atoms with Gasteiger partial charge < -0.3 is 9.90 Å². The van der Waals surface area contributed by atoms with E-state index in [1.807, 2.05) is 13.0 Å². The molecule has 12 heavy (non-hydrogen) atoms. The molecule has 1 rings (SSSR count). The lowest BCUT2D eigenvalue weighted by atomic mass is 10.1. The van der Waals surface area contributed by atoms with E-state index in [4.69, 9.17) is 0 Å². The van der Waals surface area contributed by atoms with Crippen molar-refractivity contribution in [1.29, 1.82) is 0 Å². The zero-order chi connectivity index (χ0) is 9.14. The molecule has 0 aliphatic heterocycles. The molecule has 2 nitrogen and oxygen atoms in total. The quantitative estimate of drug-likeness (QED) is 0.766. The van der Waals surface area contributed by atoms with E-state index in [0.717, 1.165) is 10.0 Å². The maximum absolute atomic E-state index is 10.6. The van der Waals surface area contributed by atoms with Crippen LogP contribution in [0.25, 0.3) is 0 Å². The van der Waals surface area contributed by atoms with E-state index >= 15 is 0 Å². The molecule has 0 saturated heterocycles. The zero-order valence-corrected chi connectivity index (χ0v) is 8.22. The van der Waals surface area contributed by atoms with Crippen LogP contribution in [0.15, 0.2) is 22.7 Å². The van der Waals surface area contributed by atoms with Gasteiger partial charge in [0.2, 0.25) is 0 Å². The molecule has 1 aromatic carbocycles. The number of hydrogen-bond donors (Lipinski definition) is 0. The van der Waals surface area contributed by atoms with Crippen molar-refractivity contribution in [2.75, 3.05) is 0 Å². The number of carboxylic acid groups (broad SMARTS) is 1. The van der Waals surface area contributed by atoms with E-state index in [1.54, 1.807) is 12.1 Å². The fraction of sp³-hybridized carbons (Fsp3) is 0.222. The predicted octanol–water partition coefficient (Wildman–Crippen LogP) is 1.37. The van der Waals surface area contributed by atoms with Crippen LogP contribution in [0.3, 0.4) is 0 Å². The summed E-state index contributed by atoms with van der Waals surface area (Å²) >= 11 is 3.28. The second kappa shape index (κ2) is 3.72. The first-order valence-corrected chi connectivity index (χ1v) is 4.44. The molecule has 0 spiro atoms. The van der Waals surface area contributed by atoms with E-state index in [2.05, 4.69) is 15.9 Å².